The molecular formula is C28H19ClF3N3O4. The van der Waals surface area contributed by atoms with E-state index in [1.165, 1.54) is 30.5 Å². The van der Waals surface area contributed by atoms with Gasteiger partial charge in [-0.05, 0) is 72.8 Å². The van der Waals surface area contributed by atoms with Crippen molar-refractivity contribution in [1.82, 2.24) is 4.98 Å². The fourth-order valence-corrected chi connectivity index (χ4v) is 3.81. The van der Waals surface area contributed by atoms with Crippen molar-refractivity contribution in [3.8, 4) is 0 Å². The van der Waals surface area contributed by atoms with Gasteiger partial charge < -0.3 is 15.3 Å². The highest BCUT2D eigenvalue weighted by atomic mass is 35.5. The fourth-order valence-electron chi connectivity index (χ4n) is 3.68. The maximum Gasteiger partial charge on any atom is 0.416 e. The molecule has 0 bridgehead atoms. The Kier molecular flexibility index (Phi) is 7.68. The van der Waals surface area contributed by atoms with Gasteiger partial charge in [0.15, 0.2) is 0 Å². The van der Waals surface area contributed by atoms with Crippen molar-refractivity contribution in [3.05, 3.63) is 118 Å². The molecule has 3 aromatic carbocycles. The number of pyridine rings is 1. The second-order valence-corrected chi connectivity index (χ2v) is 8.80. The summed E-state index contributed by atoms with van der Waals surface area (Å²) in [5.41, 5.74) is -0.353. The second-order valence-electron chi connectivity index (χ2n) is 8.36. The Morgan fingerprint density at radius 3 is 2.21 bits per heavy atom. The Labute approximate surface area is 225 Å². The first kappa shape index (κ1) is 27.3. The molecule has 39 heavy (non-hydrogen) atoms. The van der Waals surface area contributed by atoms with Crippen molar-refractivity contribution in [3.63, 3.8) is 0 Å². The third-order valence-corrected chi connectivity index (χ3v) is 6.05. The summed E-state index contributed by atoms with van der Waals surface area (Å²) in [7, 11) is 1.81. The highest BCUT2D eigenvalue weighted by Gasteiger charge is 2.31. The summed E-state index contributed by atoms with van der Waals surface area (Å²) in [5, 5.41) is 12.6. The van der Waals surface area contributed by atoms with Gasteiger partial charge in [-0.15, -0.1) is 0 Å². The van der Waals surface area contributed by atoms with Gasteiger partial charge in [-0.3, -0.25) is 14.6 Å². The fraction of sp³-hybridized carbons (Fsp3) is 0.0714. The number of amides is 1. The number of halogens is 4. The molecule has 0 aliphatic rings. The van der Waals surface area contributed by atoms with E-state index in [-0.39, 0.29) is 22.5 Å². The van der Waals surface area contributed by atoms with Crippen LogP contribution in [0.4, 0.5) is 30.2 Å². The van der Waals surface area contributed by atoms with Crippen LogP contribution in [0, 0.1) is 0 Å². The molecule has 2 N–H and O–H groups in total. The number of rotatable bonds is 7. The molecule has 0 spiro atoms. The van der Waals surface area contributed by atoms with E-state index in [9.17, 15) is 32.7 Å². The number of carbonyl (C=O) groups is 3. The van der Waals surface area contributed by atoms with Gasteiger partial charge in [0.25, 0.3) is 5.91 Å². The van der Waals surface area contributed by atoms with Crippen molar-refractivity contribution in [2.45, 2.75) is 6.18 Å². The molecule has 0 unspecified atom stereocenters. The van der Waals surface area contributed by atoms with Crippen LogP contribution in [0.25, 0.3) is 0 Å². The molecule has 1 heterocycles. The highest BCUT2D eigenvalue weighted by molar-refractivity contribution is 6.30. The summed E-state index contributed by atoms with van der Waals surface area (Å²) in [5.74, 6) is -2.95. The summed E-state index contributed by atoms with van der Waals surface area (Å²) in [6, 6.07) is 17.6. The van der Waals surface area contributed by atoms with Crippen LogP contribution in [0.3, 0.4) is 0 Å². The largest absolute Gasteiger partial charge is 0.478 e. The van der Waals surface area contributed by atoms with Gasteiger partial charge >= 0.3 is 12.1 Å². The topological polar surface area (TPSA) is 99.6 Å². The van der Waals surface area contributed by atoms with Crippen molar-refractivity contribution in [2.75, 3.05) is 17.3 Å². The smallest absolute Gasteiger partial charge is 0.416 e. The normalized spacial score (nSPS) is 11.1. The number of anilines is 3. The molecule has 4 aromatic rings. The standard InChI is InChI=1S/C28H19ClF3N3O4/c1-35(20-8-6-19(29)7-9-20)21-10-12-24(33-15-21)25(36)16-5-11-23(22(14-16)27(38)39)34-26(37)17-3-2-4-18(13-17)28(30,31)32/h2-15H,1H3,(H,34,37)(H,38,39). The first-order valence-corrected chi connectivity index (χ1v) is 11.7. The van der Waals surface area contributed by atoms with Gasteiger partial charge in [0.2, 0.25) is 5.78 Å². The second kappa shape index (κ2) is 11.0. The molecule has 0 radical (unpaired) electrons. The molecule has 198 valence electrons. The number of hydrogen-bond acceptors (Lipinski definition) is 5. The third-order valence-electron chi connectivity index (χ3n) is 5.79. The minimum absolute atomic E-state index is 0.00391. The lowest BCUT2D eigenvalue weighted by molar-refractivity contribution is -0.137. The molecule has 0 fully saturated rings. The van der Waals surface area contributed by atoms with Crippen LogP contribution in [0.5, 0.6) is 0 Å². The number of carboxylic acid groups (broad SMARTS) is 1. The first-order valence-electron chi connectivity index (χ1n) is 11.3. The maximum atomic E-state index is 13.0. The van der Waals surface area contributed by atoms with Gasteiger partial charge in [0.05, 0.1) is 28.7 Å². The monoisotopic (exact) mass is 553 g/mol. The van der Waals surface area contributed by atoms with Gasteiger partial charge in [0, 0.05) is 28.9 Å². The average molecular weight is 554 g/mol. The van der Waals surface area contributed by atoms with E-state index in [0.717, 1.165) is 23.9 Å². The molecule has 0 atom stereocenters. The molecule has 1 amide bonds. The average Bonchev–Trinajstić information content (AvgIpc) is 2.92. The van der Waals surface area contributed by atoms with E-state index in [2.05, 4.69) is 10.3 Å². The van der Waals surface area contributed by atoms with Gasteiger partial charge in [-0.2, -0.15) is 13.2 Å². The van der Waals surface area contributed by atoms with Crippen LogP contribution < -0.4 is 10.2 Å². The van der Waals surface area contributed by atoms with Crippen molar-refractivity contribution < 1.29 is 32.7 Å². The minimum Gasteiger partial charge on any atom is -0.478 e. The van der Waals surface area contributed by atoms with E-state index in [1.807, 2.05) is 24.1 Å². The number of aromatic nitrogens is 1. The number of benzene rings is 3. The van der Waals surface area contributed by atoms with E-state index in [0.29, 0.717) is 16.8 Å². The lowest BCUT2D eigenvalue weighted by Crippen LogP contribution is -2.17. The summed E-state index contributed by atoms with van der Waals surface area (Å²) in [4.78, 5) is 43.5. The molecule has 0 saturated heterocycles. The maximum absolute atomic E-state index is 13.0. The van der Waals surface area contributed by atoms with E-state index >= 15 is 0 Å². The summed E-state index contributed by atoms with van der Waals surface area (Å²) >= 11 is 5.93. The molecular weight excluding hydrogens is 535 g/mol. The van der Waals surface area contributed by atoms with Crippen LogP contribution in [-0.4, -0.2) is 34.8 Å². The highest BCUT2D eigenvalue weighted by Crippen LogP contribution is 2.30. The van der Waals surface area contributed by atoms with Crippen LogP contribution in [0.15, 0.2) is 85.1 Å². The van der Waals surface area contributed by atoms with Crippen LogP contribution in [-0.2, 0) is 6.18 Å². The Hall–Kier alpha value is -4.70. The van der Waals surface area contributed by atoms with Crippen molar-refractivity contribution >= 4 is 46.3 Å². The number of alkyl halides is 3. The van der Waals surface area contributed by atoms with E-state index in [4.69, 9.17) is 11.6 Å². The number of hydrogen-bond donors (Lipinski definition) is 2. The Bertz CT molecular complexity index is 1560. The summed E-state index contributed by atoms with van der Waals surface area (Å²) < 4.78 is 39.0. The molecule has 0 saturated carbocycles. The Balaban J connectivity index is 1.55. The quantitative estimate of drug-likeness (QED) is 0.247. The first-order chi connectivity index (χ1) is 18.4. The molecule has 0 aliphatic carbocycles. The van der Waals surface area contributed by atoms with E-state index in [1.54, 1.807) is 18.2 Å². The Morgan fingerprint density at radius 1 is 0.897 bits per heavy atom. The number of ketones is 1. The number of aromatic carboxylic acids is 1. The molecule has 11 heteroatoms. The number of nitrogens with one attached hydrogen (secondary N) is 1. The lowest BCUT2D eigenvalue weighted by atomic mass is 10.0. The Morgan fingerprint density at radius 2 is 1.59 bits per heavy atom. The molecule has 1 aromatic heterocycles. The van der Waals surface area contributed by atoms with Gasteiger partial charge in [-0.25, -0.2) is 4.79 Å². The zero-order chi connectivity index (χ0) is 28.3. The summed E-state index contributed by atoms with van der Waals surface area (Å²) in [6.07, 6.45) is -3.16. The van der Waals surface area contributed by atoms with E-state index < -0.39 is 35.0 Å². The number of carbonyl (C=O) groups excluding carboxylic acids is 2. The molecule has 7 nitrogen and oxygen atoms in total. The van der Waals surface area contributed by atoms with Crippen molar-refractivity contribution in [1.29, 1.82) is 0 Å². The third kappa shape index (κ3) is 6.24. The zero-order valence-electron chi connectivity index (χ0n) is 20.2. The van der Waals surface area contributed by atoms with Crippen LogP contribution in [0.1, 0.15) is 42.3 Å². The number of carboxylic acids is 1. The predicted octanol–water partition coefficient (Wildman–Crippen LogP) is 6.70. The van der Waals surface area contributed by atoms with Gasteiger partial charge in [0.1, 0.15) is 5.69 Å². The molecule has 4 rings (SSSR count). The zero-order valence-corrected chi connectivity index (χ0v) is 20.9. The van der Waals surface area contributed by atoms with Gasteiger partial charge in [-0.1, -0.05) is 17.7 Å². The summed E-state index contributed by atoms with van der Waals surface area (Å²) in [6.45, 7) is 0. The SMILES string of the molecule is CN(c1ccc(Cl)cc1)c1ccc(C(=O)c2ccc(NC(=O)c3cccc(C(F)(F)F)c3)c(C(=O)O)c2)nc1. The minimum atomic E-state index is -4.65. The van der Waals surface area contributed by atoms with Crippen molar-refractivity contribution in [2.24, 2.45) is 0 Å². The van der Waals surface area contributed by atoms with Crippen LogP contribution in [0.2, 0.25) is 5.02 Å². The molecule has 0 aliphatic heterocycles. The predicted molar refractivity (Wildman–Crippen MR) is 140 cm³/mol. The van der Waals surface area contributed by atoms with Crippen LogP contribution >= 0.6 is 11.6 Å². The number of nitrogens with zero attached hydrogens (tertiary/aromatic N) is 2. The lowest BCUT2D eigenvalue weighted by Gasteiger charge is -2.19.